The third kappa shape index (κ3) is 2.61. The van der Waals surface area contributed by atoms with Gasteiger partial charge in [-0.15, -0.1) is 0 Å². The van der Waals surface area contributed by atoms with Gasteiger partial charge in [0.1, 0.15) is 0 Å². The zero-order chi connectivity index (χ0) is 23.6. The van der Waals surface area contributed by atoms with Crippen molar-refractivity contribution in [1.82, 2.24) is 29.1 Å². The number of aromatic nitrogens is 6. The van der Waals surface area contributed by atoms with Crippen LogP contribution in [0.15, 0.2) is 104 Å². The molecule has 170 valence electrons. The fourth-order valence-electron chi connectivity index (χ4n) is 5.75. The first-order valence-corrected chi connectivity index (χ1v) is 12.1. The molecule has 7 aromatic rings. The van der Waals surface area contributed by atoms with Gasteiger partial charge in [-0.2, -0.15) is 0 Å². The predicted molar refractivity (Wildman–Crippen MR) is 144 cm³/mol. The third-order valence-electron chi connectivity index (χ3n) is 7.21. The molecular weight excluding hydrogens is 444 g/mol. The maximum atomic E-state index is 4.90. The van der Waals surface area contributed by atoms with E-state index in [1.165, 1.54) is 32.6 Å². The summed E-state index contributed by atoms with van der Waals surface area (Å²) >= 11 is 0. The Balaban J connectivity index is 1.57. The molecule has 8 rings (SSSR count). The first kappa shape index (κ1) is 19.5. The largest absolute Gasteiger partial charge is 0.333 e. The Kier molecular flexibility index (Phi) is 3.96. The molecule has 0 saturated carbocycles. The smallest absolute Gasteiger partial charge is 0.199 e. The van der Waals surface area contributed by atoms with Crippen LogP contribution in [0.25, 0.3) is 60.7 Å². The van der Waals surface area contributed by atoms with E-state index in [1.807, 2.05) is 0 Å². The number of fused-ring (bicyclic) bond motifs is 8. The quantitative estimate of drug-likeness (QED) is 0.286. The Bertz CT molecular complexity index is 2040. The van der Waals surface area contributed by atoms with E-state index < -0.39 is 0 Å². The Hall–Kier alpha value is -4.84. The van der Waals surface area contributed by atoms with Crippen molar-refractivity contribution in [2.75, 3.05) is 0 Å². The van der Waals surface area contributed by atoms with Gasteiger partial charge in [0.05, 0.1) is 28.8 Å². The lowest BCUT2D eigenvalue weighted by Gasteiger charge is -2.18. The second kappa shape index (κ2) is 7.33. The van der Waals surface area contributed by atoms with Crippen LogP contribution < -0.4 is 0 Å². The highest BCUT2D eigenvalue weighted by Gasteiger charge is 2.23. The van der Waals surface area contributed by atoms with E-state index in [0.717, 1.165) is 23.3 Å². The van der Waals surface area contributed by atoms with Gasteiger partial charge in [0.2, 0.25) is 0 Å². The van der Waals surface area contributed by atoms with Gasteiger partial charge in [0.15, 0.2) is 17.1 Å². The van der Waals surface area contributed by atoms with Crippen LogP contribution in [0.2, 0.25) is 0 Å². The van der Waals surface area contributed by atoms with Crippen LogP contribution in [0.1, 0.15) is 12.5 Å². The van der Waals surface area contributed by atoms with Crippen molar-refractivity contribution in [2.45, 2.75) is 12.5 Å². The summed E-state index contributed by atoms with van der Waals surface area (Å²) in [5, 5.41) is 4.84. The van der Waals surface area contributed by atoms with E-state index in [9.17, 15) is 0 Å². The van der Waals surface area contributed by atoms with E-state index in [2.05, 4.69) is 109 Å². The normalized spacial score (nSPS) is 15.7. The van der Waals surface area contributed by atoms with Gasteiger partial charge in [-0.05, 0) is 24.6 Å². The summed E-state index contributed by atoms with van der Waals surface area (Å²) < 4.78 is 4.71. The van der Waals surface area contributed by atoms with Gasteiger partial charge < -0.3 is 4.57 Å². The van der Waals surface area contributed by atoms with Crippen molar-refractivity contribution in [3.8, 4) is 5.82 Å². The van der Waals surface area contributed by atoms with Crippen LogP contribution in [0, 0.1) is 0 Å². The number of hydrogen-bond acceptors (Lipinski definition) is 4. The average molecular weight is 465 g/mol. The molecule has 4 heterocycles. The van der Waals surface area contributed by atoms with Crippen molar-refractivity contribution in [3.63, 3.8) is 0 Å². The second-order valence-corrected chi connectivity index (χ2v) is 9.14. The lowest BCUT2D eigenvalue weighted by molar-refractivity contribution is 0.648. The molecule has 0 saturated heterocycles. The summed E-state index contributed by atoms with van der Waals surface area (Å²) in [6, 6.07) is 22.0. The molecule has 0 amide bonds. The summed E-state index contributed by atoms with van der Waals surface area (Å²) in [5.41, 5.74) is 5.76. The molecule has 0 aliphatic heterocycles. The molecule has 0 N–H and O–H groups in total. The monoisotopic (exact) mass is 464 g/mol. The first-order valence-electron chi connectivity index (χ1n) is 12.1. The van der Waals surface area contributed by atoms with Crippen molar-refractivity contribution >= 4 is 54.9 Å². The number of rotatable bonds is 2. The van der Waals surface area contributed by atoms with Gasteiger partial charge in [0.25, 0.3) is 0 Å². The number of hydrogen-bond donors (Lipinski definition) is 0. The van der Waals surface area contributed by atoms with Gasteiger partial charge >= 0.3 is 0 Å². The SMILES string of the molecule is C1=CCC(n2c3ccccc3c3c4c(ccc32)c2ccccc2n4-c2cnc3nccnc3n2)C=C1. The molecule has 0 radical (unpaired) electrons. The van der Waals surface area contributed by atoms with E-state index >= 15 is 0 Å². The Labute approximate surface area is 205 Å². The summed E-state index contributed by atoms with van der Waals surface area (Å²) in [7, 11) is 0. The zero-order valence-electron chi connectivity index (χ0n) is 19.3. The molecule has 0 spiro atoms. The van der Waals surface area contributed by atoms with Crippen LogP contribution in [0.4, 0.5) is 0 Å². The topological polar surface area (TPSA) is 61.4 Å². The fraction of sp³-hybridized carbons (Fsp3) is 0.0667. The predicted octanol–water partition coefficient (Wildman–Crippen LogP) is 6.68. The molecule has 6 nitrogen and oxygen atoms in total. The average Bonchev–Trinajstić information content (AvgIpc) is 3.46. The molecule has 36 heavy (non-hydrogen) atoms. The van der Waals surface area contributed by atoms with Crippen molar-refractivity contribution in [2.24, 2.45) is 0 Å². The molecule has 6 heteroatoms. The highest BCUT2D eigenvalue weighted by molar-refractivity contribution is 6.25. The summed E-state index contributed by atoms with van der Waals surface area (Å²) in [4.78, 5) is 18.2. The molecule has 1 aliphatic carbocycles. The Morgan fingerprint density at radius 2 is 1.50 bits per heavy atom. The maximum Gasteiger partial charge on any atom is 0.199 e. The number of para-hydroxylation sites is 2. The third-order valence-corrected chi connectivity index (χ3v) is 7.21. The summed E-state index contributed by atoms with van der Waals surface area (Å²) in [6.07, 6.45) is 14.9. The van der Waals surface area contributed by atoms with E-state index in [0.29, 0.717) is 11.3 Å². The molecular formula is C30H20N6. The molecule has 0 fully saturated rings. The lowest BCUT2D eigenvalue weighted by atomic mass is 10.1. The van der Waals surface area contributed by atoms with Crippen LogP contribution in [0.5, 0.6) is 0 Å². The number of nitrogens with zero attached hydrogens (tertiary/aromatic N) is 6. The minimum atomic E-state index is 0.267. The van der Waals surface area contributed by atoms with Crippen LogP contribution >= 0.6 is 0 Å². The Morgan fingerprint density at radius 3 is 2.36 bits per heavy atom. The van der Waals surface area contributed by atoms with Crippen molar-refractivity contribution in [1.29, 1.82) is 0 Å². The summed E-state index contributed by atoms with van der Waals surface area (Å²) in [5.74, 6) is 0.735. The molecule has 4 aromatic heterocycles. The molecule has 1 unspecified atom stereocenters. The molecule has 3 aromatic carbocycles. The van der Waals surface area contributed by atoms with Crippen LogP contribution in [-0.4, -0.2) is 29.1 Å². The minimum Gasteiger partial charge on any atom is -0.333 e. The second-order valence-electron chi connectivity index (χ2n) is 9.14. The number of allylic oxidation sites excluding steroid dienone is 4. The van der Waals surface area contributed by atoms with Crippen LogP contribution in [-0.2, 0) is 0 Å². The maximum absolute atomic E-state index is 4.90. The fourth-order valence-corrected chi connectivity index (χ4v) is 5.75. The molecule has 1 atom stereocenters. The van der Waals surface area contributed by atoms with E-state index in [1.54, 1.807) is 18.6 Å². The van der Waals surface area contributed by atoms with Gasteiger partial charge in [-0.1, -0.05) is 66.8 Å². The number of benzene rings is 3. The minimum absolute atomic E-state index is 0.267. The highest BCUT2D eigenvalue weighted by Crippen LogP contribution is 2.42. The Morgan fingerprint density at radius 1 is 0.694 bits per heavy atom. The van der Waals surface area contributed by atoms with Crippen molar-refractivity contribution in [3.05, 3.63) is 104 Å². The van der Waals surface area contributed by atoms with E-state index in [-0.39, 0.29) is 6.04 Å². The van der Waals surface area contributed by atoms with Crippen LogP contribution in [0.3, 0.4) is 0 Å². The van der Waals surface area contributed by atoms with Gasteiger partial charge in [-0.3, -0.25) is 4.57 Å². The van der Waals surface area contributed by atoms with Gasteiger partial charge in [-0.25, -0.2) is 19.9 Å². The standard InChI is InChI=1S/C30H20N6/c1-2-8-19(9-3-1)35-24-13-7-5-11-22(24)27-25(35)15-14-21-20-10-4-6-12-23(20)36(28(21)27)26-18-33-29-30(34-26)32-17-16-31-29/h1-8,10-19H,9H2. The zero-order valence-corrected chi connectivity index (χ0v) is 19.3. The summed E-state index contributed by atoms with van der Waals surface area (Å²) in [6.45, 7) is 0. The first-order chi connectivity index (χ1) is 17.9. The highest BCUT2D eigenvalue weighted by atomic mass is 15.1. The molecule has 0 bridgehead atoms. The van der Waals surface area contributed by atoms with E-state index in [4.69, 9.17) is 4.98 Å². The lowest BCUT2D eigenvalue weighted by Crippen LogP contribution is -2.06. The molecule has 1 aliphatic rings. The van der Waals surface area contributed by atoms with Gasteiger partial charge in [0, 0.05) is 39.5 Å². The van der Waals surface area contributed by atoms with Crippen molar-refractivity contribution < 1.29 is 0 Å².